The molecule has 1 aromatic carbocycles. The minimum Gasteiger partial charge on any atom is -0.308 e. The zero-order chi connectivity index (χ0) is 12.2. The molecule has 0 fully saturated rings. The quantitative estimate of drug-likeness (QED) is 0.786. The predicted molar refractivity (Wildman–Crippen MR) is 62.6 cm³/mol. The van der Waals surface area contributed by atoms with Crippen LogP contribution in [0.2, 0.25) is 0 Å². The van der Waals surface area contributed by atoms with E-state index in [0.717, 1.165) is 18.1 Å². The number of hydrogen-bond acceptors (Lipinski definition) is 1. The topological polar surface area (TPSA) is 12.0 Å². The SMILES string of the molecule is CC(C)(CCCl)NCc1ccc(F)c(F)c1. The van der Waals surface area contributed by atoms with Crippen molar-refractivity contribution in [2.45, 2.75) is 32.4 Å². The van der Waals surface area contributed by atoms with Crippen LogP contribution in [0.5, 0.6) is 0 Å². The molecule has 0 aliphatic heterocycles. The van der Waals surface area contributed by atoms with Crippen LogP contribution in [-0.4, -0.2) is 11.4 Å². The largest absolute Gasteiger partial charge is 0.308 e. The Morgan fingerprint density at radius 1 is 1.25 bits per heavy atom. The summed E-state index contributed by atoms with van der Waals surface area (Å²) in [6.45, 7) is 4.55. The van der Waals surface area contributed by atoms with Crippen LogP contribution in [0.1, 0.15) is 25.8 Å². The van der Waals surface area contributed by atoms with Crippen molar-refractivity contribution in [2.24, 2.45) is 0 Å². The number of alkyl halides is 1. The molecule has 0 saturated carbocycles. The van der Waals surface area contributed by atoms with Gasteiger partial charge in [0.15, 0.2) is 11.6 Å². The van der Waals surface area contributed by atoms with Crippen molar-refractivity contribution < 1.29 is 8.78 Å². The van der Waals surface area contributed by atoms with Gasteiger partial charge in [-0.2, -0.15) is 0 Å². The molecule has 1 rings (SSSR count). The lowest BCUT2D eigenvalue weighted by molar-refractivity contribution is 0.375. The Morgan fingerprint density at radius 3 is 2.50 bits per heavy atom. The van der Waals surface area contributed by atoms with Crippen molar-refractivity contribution in [1.82, 2.24) is 5.32 Å². The minimum atomic E-state index is -0.816. The predicted octanol–water partition coefficient (Wildman–Crippen LogP) is 3.46. The number of hydrogen-bond donors (Lipinski definition) is 1. The molecule has 0 saturated heterocycles. The van der Waals surface area contributed by atoms with E-state index in [1.165, 1.54) is 6.07 Å². The summed E-state index contributed by atoms with van der Waals surface area (Å²) in [6.07, 6.45) is 0.818. The summed E-state index contributed by atoms with van der Waals surface area (Å²) in [4.78, 5) is 0. The standard InChI is InChI=1S/C12H16ClF2N/c1-12(2,5-6-13)16-8-9-3-4-10(14)11(15)7-9/h3-4,7,16H,5-6,8H2,1-2H3. The van der Waals surface area contributed by atoms with Gasteiger partial charge in [-0.1, -0.05) is 6.07 Å². The summed E-state index contributed by atoms with van der Waals surface area (Å²) in [5.41, 5.74) is 0.619. The summed E-state index contributed by atoms with van der Waals surface area (Å²) < 4.78 is 25.6. The molecule has 16 heavy (non-hydrogen) atoms. The maximum absolute atomic E-state index is 12.9. The first-order valence-corrected chi connectivity index (χ1v) is 5.73. The van der Waals surface area contributed by atoms with Crippen molar-refractivity contribution >= 4 is 11.6 Å². The van der Waals surface area contributed by atoms with Gasteiger partial charge in [-0.25, -0.2) is 8.78 Å². The molecule has 0 aliphatic carbocycles. The lowest BCUT2D eigenvalue weighted by Gasteiger charge is -2.25. The van der Waals surface area contributed by atoms with Crippen molar-refractivity contribution in [2.75, 3.05) is 5.88 Å². The molecule has 4 heteroatoms. The van der Waals surface area contributed by atoms with E-state index >= 15 is 0 Å². The van der Waals surface area contributed by atoms with E-state index in [1.54, 1.807) is 6.07 Å². The highest BCUT2D eigenvalue weighted by Crippen LogP contribution is 2.13. The normalized spacial score (nSPS) is 11.8. The van der Waals surface area contributed by atoms with Gasteiger partial charge in [0.1, 0.15) is 0 Å². The van der Waals surface area contributed by atoms with Gasteiger partial charge in [-0.15, -0.1) is 11.6 Å². The highest BCUT2D eigenvalue weighted by molar-refractivity contribution is 6.17. The second kappa shape index (κ2) is 5.60. The molecular weight excluding hydrogens is 232 g/mol. The van der Waals surface area contributed by atoms with Crippen LogP contribution in [0.15, 0.2) is 18.2 Å². The molecule has 0 bridgehead atoms. The van der Waals surface area contributed by atoms with Crippen molar-refractivity contribution in [3.63, 3.8) is 0 Å². The smallest absolute Gasteiger partial charge is 0.159 e. The van der Waals surface area contributed by atoms with Crippen molar-refractivity contribution in [1.29, 1.82) is 0 Å². The fourth-order valence-electron chi connectivity index (χ4n) is 1.32. The molecule has 1 aromatic rings. The average molecular weight is 248 g/mol. The van der Waals surface area contributed by atoms with E-state index in [0.29, 0.717) is 12.4 Å². The first kappa shape index (κ1) is 13.4. The van der Waals surface area contributed by atoms with E-state index in [1.807, 2.05) is 13.8 Å². The molecule has 0 aliphatic rings. The maximum Gasteiger partial charge on any atom is 0.159 e. The molecule has 0 spiro atoms. The fourth-order valence-corrected chi connectivity index (χ4v) is 1.79. The molecule has 1 nitrogen and oxygen atoms in total. The van der Waals surface area contributed by atoms with Crippen LogP contribution >= 0.6 is 11.6 Å². The third-order valence-electron chi connectivity index (χ3n) is 2.47. The van der Waals surface area contributed by atoms with E-state index in [-0.39, 0.29) is 5.54 Å². The van der Waals surface area contributed by atoms with Crippen LogP contribution in [0.4, 0.5) is 8.78 Å². The summed E-state index contributed by atoms with van der Waals surface area (Å²) in [7, 11) is 0. The third kappa shape index (κ3) is 4.06. The first-order chi connectivity index (χ1) is 7.44. The molecule has 90 valence electrons. The second-order valence-corrected chi connectivity index (χ2v) is 4.80. The van der Waals surface area contributed by atoms with Gasteiger partial charge in [0, 0.05) is 18.0 Å². The second-order valence-electron chi connectivity index (χ2n) is 4.42. The summed E-state index contributed by atoms with van der Waals surface area (Å²) in [5, 5.41) is 3.25. The van der Waals surface area contributed by atoms with Gasteiger partial charge < -0.3 is 5.32 Å². The molecule has 0 amide bonds. The Hall–Kier alpha value is -0.670. The van der Waals surface area contributed by atoms with Gasteiger partial charge in [0.25, 0.3) is 0 Å². The fraction of sp³-hybridized carbons (Fsp3) is 0.500. The third-order valence-corrected chi connectivity index (χ3v) is 2.66. The Balaban J connectivity index is 2.57. The van der Waals surface area contributed by atoms with Crippen molar-refractivity contribution in [3.8, 4) is 0 Å². The monoisotopic (exact) mass is 247 g/mol. The summed E-state index contributed by atoms with van der Waals surface area (Å²) in [5.74, 6) is -1.06. The Labute approximate surface area is 99.8 Å². The lowest BCUT2D eigenvalue weighted by Crippen LogP contribution is -2.39. The Kier molecular flexibility index (Phi) is 4.69. The van der Waals surface area contributed by atoms with E-state index in [2.05, 4.69) is 5.32 Å². The molecule has 0 aromatic heterocycles. The van der Waals surface area contributed by atoms with Crippen LogP contribution in [0, 0.1) is 11.6 Å². The van der Waals surface area contributed by atoms with Gasteiger partial charge in [-0.3, -0.25) is 0 Å². The Bertz CT molecular complexity index is 353. The number of benzene rings is 1. The molecule has 0 unspecified atom stereocenters. The molecule has 1 N–H and O–H groups in total. The van der Waals surface area contributed by atoms with Crippen LogP contribution in [-0.2, 0) is 6.54 Å². The van der Waals surface area contributed by atoms with Gasteiger partial charge >= 0.3 is 0 Å². The van der Waals surface area contributed by atoms with Crippen molar-refractivity contribution in [3.05, 3.63) is 35.4 Å². The zero-order valence-corrected chi connectivity index (χ0v) is 10.2. The molecule has 0 heterocycles. The summed E-state index contributed by atoms with van der Waals surface area (Å²) in [6, 6.07) is 3.92. The lowest BCUT2D eigenvalue weighted by atomic mass is 10.0. The number of nitrogens with one attached hydrogen (secondary N) is 1. The molecule has 0 radical (unpaired) electrons. The highest BCUT2D eigenvalue weighted by Gasteiger charge is 2.15. The minimum absolute atomic E-state index is 0.105. The maximum atomic E-state index is 12.9. The summed E-state index contributed by atoms with van der Waals surface area (Å²) >= 11 is 5.66. The zero-order valence-electron chi connectivity index (χ0n) is 9.49. The van der Waals surface area contributed by atoms with E-state index in [4.69, 9.17) is 11.6 Å². The van der Waals surface area contributed by atoms with E-state index < -0.39 is 11.6 Å². The van der Waals surface area contributed by atoms with Crippen LogP contribution < -0.4 is 5.32 Å². The number of rotatable bonds is 5. The van der Waals surface area contributed by atoms with Gasteiger partial charge in [0.2, 0.25) is 0 Å². The molecule has 0 atom stereocenters. The average Bonchev–Trinajstić information content (AvgIpc) is 2.20. The van der Waals surface area contributed by atoms with Crippen LogP contribution in [0.25, 0.3) is 0 Å². The highest BCUT2D eigenvalue weighted by atomic mass is 35.5. The van der Waals surface area contributed by atoms with Crippen LogP contribution in [0.3, 0.4) is 0 Å². The van der Waals surface area contributed by atoms with Gasteiger partial charge in [-0.05, 0) is 38.0 Å². The Morgan fingerprint density at radius 2 is 1.94 bits per heavy atom. The van der Waals surface area contributed by atoms with Gasteiger partial charge in [0.05, 0.1) is 0 Å². The van der Waals surface area contributed by atoms with E-state index in [9.17, 15) is 8.78 Å². The number of halogens is 3. The molecular formula is C12H16ClF2N. The first-order valence-electron chi connectivity index (χ1n) is 5.19.